The molecule has 0 aromatic heterocycles. The summed E-state index contributed by atoms with van der Waals surface area (Å²) in [7, 11) is -3.62. The number of hydrogen-bond donors (Lipinski definition) is 1. The van der Waals surface area contributed by atoms with Gasteiger partial charge in [-0.3, -0.25) is 13.9 Å². The lowest BCUT2D eigenvalue weighted by Gasteiger charge is -2.32. The molecule has 1 N–H and O–H groups in total. The van der Waals surface area contributed by atoms with Gasteiger partial charge in [0.15, 0.2) is 0 Å². The molecule has 3 aromatic carbocycles. The maximum Gasteiger partial charge on any atom is 0.243 e. The van der Waals surface area contributed by atoms with Crippen LogP contribution in [0.2, 0.25) is 0 Å². The molecule has 0 saturated carbocycles. The van der Waals surface area contributed by atoms with Crippen LogP contribution in [0.5, 0.6) is 0 Å². The fourth-order valence-corrected chi connectivity index (χ4v) is 5.77. The largest absolute Gasteiger partial charge is 0.354 e. The zero-order valence-corrected chi connectivity index (χ0v) is 26.0. The highest BCUT2D eigenvalue weighted by Crippen LogP contribution is 2.25. The molecule has 0 radical (unpaired) electrons. The summed E-state index contributed by atoms with van der Waals surface area (Å²) in [5.74, 6) is -0.928. The Labute approximate surface area is 249 Å². The molecule has 7 nitrogen and oxygen atoms in total. The van der Waals surface area contributed by atoms with Gasteiger partial charge < -0.3 is 10.2 Å². The molecule has 0 aliphatic carbocycles. The average molecular weight is 596 g/mol. The third-order valence-corrected chi connectivity index (χ3v) is 8.22. The van der Waals surface area contributed by atoms with E-state index in [1.54, 1.807) is 18.2 Å². The molecule has 226 valence electrons. The Kier molecular flexibility index (Phi) is 11.7. The third kappa shape index (κ3) is 9.41. The summed E-state index contributed by atoms with van der Waals surface area (Å²) in [4.78, 5) is 28.9. The van der Waals surface area contributed by atoms with Gasteiger partial charge in [-0.15, -0.1) is 0 Å². The van der Waals surface area contributed by atoms with Crippen molar-refractivity contribution in [3.05, 3.63) is 101 Å². The average Bonchev–Trinajstić information content (AvgIpc) is 2.94. The van der Waals surface area contributed by atoms with Crippen molar-refractivity contribution < 1.29 is 22.4 Å². The molecule has 2 amide bonds. The minimum absolute atomic E-state index is 0.0198. The first-order valence-corrected chi connectivity index (χ1v) is 16.1. The van der Waals surface area contributed by atoms with Crippen LogP contribution in [0.15, 0.2) is 72.8 Å². The van der Waals surface area contributed by atoms with Gasteiger partial charge in [0.1, 0.15) is 11.9 Å². The number of benzene rings is 3. The Hall–Kier alpha value is -3.72. The summed E-state index contributed by atoms with van der Waals surface area (Å²) in [6.07, 6.45) is 1.60. The standard InChI is InChI=1S/C33H42FN3O4S/c1-24(2)22-35-33(39)31(21-27-12-7-6-8-13-27)36(23-28-14-9-10-15-29(28)34)32(38)16-11-19-37(42(5,40)41)30-20-25(3)17-18-26(30)4/h6-10,12-15,17-18,20,24,31H,11,16,19,21-23H2,1-5H3,(H,35,39)/t31-/m1/s1. The number of hydrogen-bond acceptors (Lipinski definition) is 4. The van der Waals surface area contributed by atoms with Crippen molar-refractivity contribution >= 4 is 27.5 Å². The number of nitrogens with one attached hydrogen (secondary N) is 1. The van der Waals surface area contributed by atoms with Gasteiger partial charge in [-0.2, -0.15) is 0 Å². The van der Waals surface area contributed by atoms with E-state index in [0.717, 1.165) is 22.9 Å². The molecule has 1 atom stereocenters. The summed E-state index contributed by atoms with van der Waals surface area (Å²) in [6, 6.07) is 20.3. The quantitative estimate of drug-likeness (QED) is 0.270. The van der Waals surface area contributed by atoms with E-state index in [4.69, 9.17) is 0 Å². The van der Waals surface area contributed by atoms with E-state index in [0.29, 0.717) is 17.8 Å². The summed E-state index contributed by atoms with van der Waals surface area (Å²) >= 11 is 0. The van der Waals surface area contributed by atoms with Crippen molar-refractivity contribution in [2.75, 3.05) is 23.7 Å². The van der Waals surface area contributed by atoms with Gasteiger partial charge in [0.25, 0.3) is 0 Å². The Morgan fingerprint density at radius 2 is 1.62 bits per heavy atom. The Bertz CT molecular complexity index is 1460. The van der Waals surface area contributed by atoms with Gasteiger partial charge in [-0.05, 0) is 55.0 Å². The highest BCUT2D eigenvalue weighted by molar-refractivity contribution is 7.92. The molecule has 0 fully saturated rings. The fourth-order valence-electron chi connectivity index (χ4n) is 4.76. The minimum atomic E-state index is -3.62. The second-order valence-corrected chi connectivity index (χ2v) is 13.1. The number of aryl methyl sites for hydroxylation is 2. The monoisotopic (exact) mass is 595 g/mol. The van der Waals surface area contributed by atoms with Crippen molar-refractivity contribution in [3.63, 3.8) is 0 Å². The molecule has 0 bridgehead atoms. The number of halogens is 1. The normalized spacial score (nSPS) is 12.2. The van der Waals surface area contributed by atoms with Crippen LogP contribution in [0.1, 0.15) is 48.9 Å². The predicted octanol–water partition coefficient (Wildman–Crippen LogP) is 5.40. The van der Waals surface area contributed by atoms with Crippen LogP contribution in [-0.2, 0) is 32.6 Å². The van der Waals surface area contributed by atoms with E-state index >= 15 is 0 Å². The van der Waals surface area contributed by atoms with E-state index in [9.17, 15) is 22.4 Å². The molecule has 42 heavy (non-hydrogen) atoms. The van der Waals surface area contributed by atoms with Crippen LogP contribution in [0, 0.1) is 25.6 Å². The van der Waals surface area contributed by atoms with Crippen molar-refractivity contribution in [2.24, 2.45) is 5.92 Å². The van der Waals surface area contributed by atoms with Crippen molar-refractivity contribution in [1.29, 1.82) is 0 Å². The Morgan fingerprint density at radius 1 is 0.952 bits per heavy atom. The number of carbonyl (C=O) groups is 2. The lowest BCUT2D eigenvalue weighted by molar-refractivity contribution is -0.141. The molecule has 3 rings (SSSR count). The van der Waals surface area contributed by atoms with Gasteiger partial charge in [0.2, 0.25) is 21.8 Å². The van der Waals surface area contributed by atoms with E-state index in [1.807, 2.05) is 76.2 Å². The van der Waals surface area contributed by atoms with Gasteiger partial charge in [0.05, 0.1) is 11.9 Å². The highest BCUT2D eigenvalue weighted by Gasteiger charge is 2.31. The summed E-state index contributed by atoms with van der Waals surface area (Å²) < 4.78 is 41.6. The van der Waals surface area contributed by atoms with E-state index in [-0.39, 0.29) is 50.1 Å². The number of amides is 2. The predicted molar refractivity (Wildman–Crippen MR) is 166 cm³/mol. The van der Waals surface area contributed by atoms with Gasteiger partial charge in [-0.1, -0.05) is 74.5 Å². The second kappa shape index (κ2) is 15.0. The van der Waals surface area contributed by atoms with Crippen LogP contribution in [0.25, 0.3) is 0 Å². The maximum atomic E-state index is 14.8. The third-order valence-electron chi connectivity index (χ3n) is 7.04. The van der Waals surface area contributed by atoms with E-state index < -0.39 is 21.9 Å². The molecule has 0 unspecified atom stereocenters. The van der Waals surface area contributed by atoms with Crippen LogP contribution < -0.4 is 9.62 Å². The Morgan fingerprint density at radius 3 is 2.26 bits per heavy atom. The number of nitrogens with zero attached hydrogens (tertiary/aromatic N) is 2. The molecular weight excluding hydrogens is 553 g/mol. The summed E-state index contributed by atoms with van der Waals surface area (Å²) in [5, 5.41) is 2.95. The zero-order chi connectivity index (χ0) is 30.9. The number of rotatable bonds is 14. The molecule has 0 heterocycles. The van der Waals surface area contributed by atoms with Crippen LogP contribution in [0.4, 0.5) is 10.1 Å². The van der Waals surface area contributed by atoms with E-state index in [1.165, 1.54) is 15.3 Å². The van der Waals surface area contributed by atoms with Crippen molar-refractivity contribution in [3.8, 4) is 0 Å². The summed E-state index contributed by atoms with van der Waals surface area (Å²) in [5.41, 5.74) is 3.47. The lowest BCUT2D eigenvalue weighted by Crippen LogP contribution is -2.51. The van der Waals surface area contributed by atoms with Crippen LogP contribution in [0.3, 0.4) is 0 Å². The van der Waals surface area contributed by atoms with Crippen LogP contribution >= 0.6 is 0 Å². The van der Waals surface area contributed by atoms with Gasteiger partial charge in [-0.25, -0.2) is 12.8 Å². The first kappa shape index (κ1) is 32.8. The second-order valence-electron chi connectivity index (χ2n) is 11.2. The fraction of sp³-hybridized carbons (Fsp3) is 0.394. The first-order valence-electron chi connectivity index (χ1n) is 14.3. The number of anilines is 1. The molecular formula is C33H42FN3O4S. The molecule has 9 heteroatoms. The molecule has 3 aromatic rings. The summed E-state index contributed by atoms with van der Waals surface area (Å²) in [6.45, 7) is 8.14. The topological polar surface area (TPSA) is 86.8 Å². The SMILES string of the molecule is Cc1ccc(C)c(N(CCCC(=O)N(Cc2ccccc2F)[C@H](Cc2ccccc2)C(=O)NCC(C)C)S(C)(=O)=O)c1. The Balaban J connectivity index is 1.91. The maximum absolute atomic E-state index is 14.8. The minimum Gasteiger partial charge on any atom is -0.354 e. The lowest BCUT2D eigenvalue weighted by atomic mass is 10.0. The smallest absolute Gasteiger partial charge is 0.243 e. The van der Waals surface area contributed by atoms with Crippen molar-refractivity contribution in [2.45, 2.75) is 59.5 Å². The van der Waals surface area contributed by atoms with Crippen LogP contribution in [-0.4, -0.2) is 50.5 Å². The first-order chi connectivity index (χ1) is 19.9. The number of sulfonamides is 1. The zero-order valence-electron chi connectivity index (χ0n) is 25.1. The highest BCUT2D eigenvalue weighted by atomic mass is 32.2. The van der Waals surface area contributed by atoms with Gasteiger partial charge in [0, 0.05) is 38.0 Å². The van der Waals surface area contributed by atoms with Gasteiger partial charge >= 0.3 is 0 Å². The van der Waals surface area contributed by atoms with Crippen molar-refractivity contribution in [1.82, 2.24) is 10.2 Å². The number of carbonyl (C=O) groups excluding carboxylic acids is 2. The molecule has 0 spiro atoms. The molecule has 0 saturated heterocycles. The molecule has 0 aliphatic rings. The van der Waals surface area contributed by atoms with E-state index in [2.05, 4.69) is 5.32 Å². The molecule has 0 aliphatic heterocycles.